The first-order chi connectivity index (χ1) is 17.1. The Morgan fingerprint density at radius 2 is 2.00 bits per heavy atom. The van der Waals surface area contributed by atoms with E-state index >= 15 is 0 Å². The number of carbonyl (C=O) groups is 2. The summed E-state index contributed by atoms with van der Waals surface area (Å²) in [5.41, 5.74) is 0.336. The van der Waals surface area contributed by atoms with E-state index in [-0.39, 0.29) is 24.6 Å². The summed E-state index contributed by atoms with van der Waals surface area (Å²) in [5.74, 6) is -0.327. The number of piperazine rings is 1. The third-order valence-electron chi connectivity index (χ3n) is 5.57. The van der Waals surface area contributed by atoms with Crippen LogP contribution in [0.2, 0.25) is 0 Å². The lowest BCUT2D eigenvalue weighted by atomic mass is 10.0. The summed E-state index contributed by atoms with van der Waals surface area (Å²) < 4.78 is 31.9. The number of methoxy groups -OCH3 is 1. The van der Waals surface area contributed by atoms with Crippen molar-refractivity contribution in [1.82, 2.24) is 24.5 Å². The predicted molar refractivity (Wildman–Crippen MR) is 128 cm³/mol. The Kier molecular flexibility index (Phi) is 6.95. The highest BCUT2D eigenvalue weighted by Gasteiger charge is 2.36. The summed E-state index contributed by atoms with van der Waals surface area (Å²) in [6, 6.07) is 2.52. The largest absolute Gasteiger partial charge is 0.481 e. The average Bonchev–Trinajstić information content (AvgIpc) is 3.26. The second-order valence-electron chi connectivity index (χ2n) is 9.22. The number of amides is 1. The van der Waals surface area contributed by atoms with Crippen LogP contribution >= 0.6 is 0 Å². The smallest absolute Gasteiger partial charge is 0.410 e. The number of halogens is 1. The van der Waals surface area contributed by atoms with Crippen molar-refractivity contribution in [2.45, 2.75) is 39.3 Å². The highest BCUT2D eigenvalue weighted by atomic mass is 19.1. The van der Waals surface area contributed by atoms with Crippen LogP contribution in [0.3, 0.4) is 0 Å². The van der Waals surface area contributed by atoms with Crippen molar-refractivity contribution in [1.29, 1.82) is 0 Å². The van der Waals surface area contributed by atoms with Gasteiger partial charge in [0.1, 0.15) is 22.8 Å². The first-order valence-electron chi connectivity index (χ1n) is 11.6. The summed E-state index contributed by atoms with van der Waals surface area (Å²) in [4.78, 5) is 37.5. The number of pyridine rings is 1. The SMILES string of the molecule is CCOC(=O)c1cnn2ccc(N3CCN(C(=O)OC(C)(C)C)CC3c3cc(F)cnc3OC)nc12. The van der Waals surface area contributed by atoms with Gasteiger partial charge in [-0.15, -0.1) is 0 Å². The Bertz CT molecular complexity index is 1270. The molecule has 36 heavy (non-hydrogen) atoms. The van der Waals surface area contributed by atoms with Crippen LogP contribution in [0.1, 0.15) is 49.7 Å². The van der Waals surface area contributed by atoms with Gasteiger partial charge < -0.3 is 24.0 Å². The molecule has 1 amide bonds. The van der Waals surface area contributed by atoms with Gasteiger partial charge in [0, 0.05) is 31.4 Å². The zero-order chi connectivity index (χ0) is 26.0. The molecule has 1 aliphatic rings. The molecule has 0 bridgehead atoms. The lowest BCUT2D eigenvalue weighted by molar-refractivity contribution is 0.0212. The molecule has 12 heteroatoms. The topological polar surface area (TPSA) is 111 Å². The zero-order valence-electron chi connectivity index (χ0n) is 20.9. The number of hydrogen-bond acceptors (Lipinski definition) is 9. The molecule has 4 heterocycles. The summed E-state index contributed by atoms with van der Waals surface area (Å²) in [6.07, 6.45) is 3.68. The second kappa shape index (κ2) is 9.96. The Morgan fingerprint density at radius 3 is 2.69 bits per heavy atom. The first-order valence-corrected chi connectivity index (χ1v) is 11.6. The van der Waals surface area contributed by atoms with Crippen LogP contribution in [0.25, 0.3) is 5.65 Å². The van der Waals surface area contributed by atoms with Gasteiger partial charge in [-0.3, -0.25) is 0 Å². The van der Waals surface area contributed by atoms with E-state index in [1.54, 1.807) is 44.9 Å². The molecule has 1 fully saturated rings. The molecule has 0 aliphatic carbocycles. The molecule has 0 spiro atoms. The van der Waals surface area contributed by atoms with Crippen LogP contribution in [0, 0.1) is 5.82 Å². The monoisotopic (exact) mass is 500 g/mol. The molecule has 0 aromatic carbocycles. The van der Waals surface area contributed by atoms with E-state index in [9.17, 15) is 14.0 Å². The Balaban J connectivity index is 1.75. The Hall–Kier alpha value is -3.96. The maximum Gasteiger partial charge on any atom is 0.410 e. The minimum atomic E-state index is -0.667. The number of carbonyl (C=O) groups excluding carboxylic acids is 2. The van der Waals surface area contributed by atoms with Crippen LogP contribution in [-0.4, -0.2) is 75.5 Å². The predicted octanol–water partition coefficient (Wildman–Crippen LogP) is 3.25. The van der Waals surface area contributed by atoms with Crippen LogP contribution in [-0.2, 0) is 9.47 Å². The quantitative estimate of drug-likeness (QED) is 0.487. The minimum Gasteiger partial charge on any atom is -0.481 e. The highest BCUT2D eigenvalue weighted by Crippen LogP contribution is 2.35. The van der Waals surface area contributed by atoms with E-state index < -0.39 is 29.5 Å². The third kappa shape index (κ3) is 5.16. The molecule has 0 radical (unpaired) electrons. The third-order valence-corrected chi connectivity index (χ3v) is 5.57. The molecule has 1 unspecified atom stereocenters. The molecule has 1 atom stereocenters. The van der Waals surface area contributed by atoms with Gasteiger partial charge in [0.05, 0.1) is 32.2 Å². The van der Waals surface area contributed by atoms with Gasteiger partial charge >= 0.3 is 12.1 Å². The van der Waals surface area contributed by atoms with Gasteiger partial charge in [-0.2, -0.15) is 5.10 Å². The number of aromatic nitrogens is 4. The molecule has 0 N–H and O–H groups in total. The van der Waals surface area contributed by atoms with Crippen molar-refractivity contribution in [3.63, 3.8) is 0 Å². The molecular formula is C24H29FN6O5. The number of hydrogen-bond donors (Lipinski definition) is 0. The molecule has 1 aliphatic heterocycles. The Labute approximate surface area is 207 Å². The fourth-order valence-corrected chi connectivity index (χ4v) is 4.04. The van der Waals surface area contributed by atoms with Gasteiger partial charge in [0.25, 0.3) is 0 Å². The van der Waals surface area contributed by atoms with Crippen molar-refractivity contribution >= 4 is 23.5 Å². The molecule has 3 aromatic heterocycles. The van der Waals surface area contributed by atoms with Crippen LogP contribution in [0.15, 0.2) is 30.7 Å². The van der Waals surface area contributed by atoms with E-state index in [1.165, 1.54) is 23.9 Å². The van der Waals surface area contributed by atoms with Crippen molar-refractivity contribution in [3.8, 4) is 5.88 Å². The fourth-order valence-electron chi connectivity index (χ4n) is 4.04. The van der Waals surface area contributed by atoms with Crippen molar-refractivity contribution < 1.29 is 28.2 Å². The van der Waals surface area contributed by atoms with E-state index in [0.717, 1.165) is 6.20 Å². The number of anilines is 1. The number of rotatable bonds is 5. The van der Waals surface area contributed by atoms with Crippen LogP contribution < -0.4 is 9.64 Å². The minimum absolute atomic E-state index is 0.174. The number of nitrogens with zero attached hydrogens (tertiary/aromatic N) is 6. The fraction of sp³-hybridized carbons (Fsp3) is 0.458. The van der Waals surface area contributed by atoms with Gasteiger partial charge in [-0.1, -0.05) is 0 Å². The lowest BCUT2D eigenvalue weighted by Gasteiger charge is -2.42. The van der Waals surface area contributed by atoms with Crippen molar-refractivity contribution in [3.05, 3.63) is 47.7 Å². The zero-order valence-corrected chi connectivity index (χ0v) is 20.9. The lowest BCUT2D eigenvalue weighted by Crippen LogP contribution is -2.52. The second-order valence-corrected chi connectivity index (χ2v) is 9.22. The average molecular weight is 501 g/mol. The molecule has 11 nitrogen and oxygen atoms in total. The first kappa shape index (κ1) is 25.1. The molecule has 4 rings (SSSR count). The molecule has 1 saturated heterocycles. The Morgan fingerprint density at radius 1 is 1.22 bits per heavy atom. The van der Waals surface area contributed by atoms with Crippen LogP contribution in [0.5, 0.6) is 5.88 Å². The summed E-state index contributed by atoms with van der Waals surface area (Å²) in [5, 5.41) is 4.18. The van der Waals surface area contributed by atoms with E-state index in [1.807, 2.05) is 4.90 Å². The van der Waals surface area contributed by atoms with Crippen molar-refractivity contribution in [2.75, 3.05) is 38.3 Å². The van der Waals surface area contributed by atoms with Gasteiger partial charge in [-0.25, -0.2) is 28.5 Å². The number of esters is 1. The maximum atomic E-state index is 14.3. The van der Waals surface area contributed by atoms with Gasteiger partial charge in [-0.05, 0) is 39.8 Å². The molecule has 192 valence electrons. The number of fused-ring (bicyclic) bond motifs is 1. The normalized spacial score (nSPS) is 16.2. The molecular weight excluding hydrogens is 471 g/mol. The summed E-state index contributed by atoms with van der Waals surface area (Å²) in [6.45, 7) is 8.20. The van der Waals surface area contributed by atoms with E-state index in [4.69, 9.17) is 14.2 Å². The van der Waals surface area contributed by atoms with E-state index in [2.05, 4.69) is 15.1 Å². The van der Waals surface area contributed by atoms with Crippen molar-refractivity contribution in [2.24, 2.45) is 0 Å². The summed E-state index contributed by atoms with van der Waals surface area (Å²) >= 11 is 0. The highest BCUT2D eigenvalue weighted by molar-refractivity contribution is 5.95. The summed E-state index contributed by atoms with van der Waals surface area (Å²) in [7, 11) is 1.45. The molecule has 3 aromatic rings. The standard InChI is InChI=1S/C24H29FN6O5/c1-6-35-22(32)17-13-27-31-8-7-19(28-20(17)31)30-10-9-29(23(33)36-24(2,3)4)14-18(30)16-11-15(25)12-26-21(16)34-5/h7-8,11-13,18H,6,9-10,14H2,1-5H3. The van der Waals surface area contributed by atoms with Gasteiger partial charge in [0.15, 0.2) is 5.65 Å². The van der Waals surface area contributed by atoms with E-state index in [0.29, 0.717) is 30.1 Å². The molecule has 0 saturated carbocycles. The van der Waals surface area contributed by atoms with Gasteiger partial charge in [0.2, 0.25) is 5.88 Å². The van der Waals surface area contributed by atoms with Crippen LogP contribution in [0.4, 0.5) is 15.0 Å². The number of ether oxygens (including phenoxy) is 3. The maximum absolute atomic E-state index is 14.3.